The maximum atomic E-state index is 14.8. The molecule has 2 aromatic carbocycles. The standard InChI is InChI=1S/C26H28F3N5O3/c1-13(16-5-4-6-17(21(16)27)24(28)29)31-25-19-11-20(37-15-7-9-34(12-15)26(35)30-3)23-18(8-10-36-23)22(19)32-14(2)33-25/h4-6,11,13,15,24H,7-10,12H2,1-3H3,(H,30,35)(H,31,32,33)/t13-,15?/m1/s1. The van der Waals surface area contributed by atoms with Crippen LogP contribution in [0.2, 0.25) is 0 Å². The summed E-state index contributed by atoms with van der Waals surface area (Å²) >= 11 is 0. The van der Waals surface area contributed by atoms with Crippen molar-refractivity contribution < 1.29 is 27.4 Å². The summed E-state index contributed by atoms with van der Waals surface area (Å²) in [7, 11) is 1.59. The van der Waals surface area contributed by atoms with Crippen molar-refractivity contribution in [3.05, 3.63) is 52.6 Å². The number of fused-ring (bicyclic) bond motifs is 3. The summed E-state index contributed by atoms with van der Waals surface area (Å²) in [6.45, 7) is 4.95. The van der Waals surface area contributed by atoms with E-state index in [2.05, 4.69) is 20.6 Å². The van der Waals surface area contributed by atoms with Gasteiger partial charge in [0.1, 0.15) is 23.6 Å². The van der Waals surface area contributed by atoms with Gasteiger partial charge in [-0.15, -0.1) is 0 Å². The van der Waals surface area contributed by atoms with Crippen molar-refractivity contribution >= 4 is 22.8 Å². The molecule has 1 fully saturated rings. The summed E-state index contributed by atoms with van der Waals surface area (Å²) in [5.41, 5.74) is 1.06. The van der Waals surface area contributed by atoms with Crippen molar-refractivity contribution in [1.82, 2.24) is 20.2 Å². The molecule has 0 spiro atoms. The van der Waals surface area contributed by atoms with E-state index in [4.69, 9.17) is 9.47 Å². The number of hydrogen-bond donors (Lipinski definition) is 2. The van der Waals surface area contributed by atoms with E-state index in [1.54, 1.807) is 31.9 Å². The largest absolute Gasteiger partial charge is 0.489 e. The van der Waals surface area contributed by atoms with E-state index >= 15 is 0 Å². The molecule has 0 saturated carbocycles. The van der Waals surface area contributed by atoms with Crippen LogP contribution < -0.4 is 20.1 Å². The molecule has 2 N–H and O–H groups in total. The number of alkyl halides is 2. The first kappa shape index (κ1) is 24.9. The minimum absolute atomic E-state index is 0.114. The molecule has 0 bridgehead atoms. The van der Waals surface area contributed by atoms with Crippen molar-refractivity contribution in [2.75, 3.05) is 32.1 Å². The Bertz CT molecular complexity index is 1350. The number of likely N-dealkylation sites (tertiary alicyclic amines) is 1. The number of halogens is 3. The van der Waals surface area contributed by atoms with Gasteiger partial charge in [0.15, 0.2) is 11.5 Å². The summed E-state index contributed by atoms with van der Waals surface area (Å²) in [5, 5.41) is 6.48. The van der Waals surface area contributed by atoms with Crippen LogP contribution in [0, 0.1) is 12.7 Å². The Morgan fingerprint density at radius 3 is 2.81 bits per heavy atom. The van der Waals surface area contributed by atoms with E-state index in [0.717, 1.165) is 11.6 Å². The maximum absolute atomic E-state index is 14.8. The van der Waals surface area contributed by atoms with Gasteiger partial charge in [-0.3, -0.25) is 0 Å². The van der Waals surface area contributed by atoms with Gasteiger partial charge in [0.25, 0.3) is 6.43 Å². The first-order valence-corrected chi connectivity index (χ1v) is 12.2. The Morgan fingerprint density at radius 1 is 1.27 bits per heavy atom. The quantitative estimate of drug-likeness (QED) is 0.485. The van der Waals surface area contributed by atoms with Crippen LogP contribution in [0.5, 0.6) is 11.5 Å². The highest BCUT2D eigenvalue weighted by molar-refractivity contribution is 5.95. The van der Waals surface area contributed by atoms with Crippen LogP contribution in [-0.4, -0.2) is 53.7 Å². The van der Waals surface area contributed by atoms with Crippen LogP contribution in [0.3, 0.4) is 0 Å². The SMILES string of the molecule is CNC(=O)N1CCC(Oc2cc3c(N[C@H](C)c4cccc(C(F)F)c4F)nc(C)nc3c3c2OCC3)C1. The van der Waals surface area contributed by atoms with Crippen molar-refractivity contribution in [1.29, 1.82) is 0 Å². The zero-order valence-corrected chi connectivity index (χ0v) is 20.8. The number of urea groups is 1. The monoisotopic (exact) mass is 515 g/mol. The highest BCUT2D eigenvalue weighted by Crippen LogP contribution is 2.43. The fourth-order valence-corrected chi connectivity index (χ4v) is 4.94. The van der Waals surface area contributed by atoms with Crippen LogP contribution >= 0.6 is 0 Å². The number of hydrogen-bond acceptors (Lipinski definition) is 6. The molecule has 1 unspecified atom stereocenters. The molecular formula is C26H28F3N5O3. The van der Waals surface area contributed by atoms with Gasteiger partial charge >= 0.3 is 6.03 Å². The van der Waals surface area contributed by atoms with Crippen LogP contribution in [0.15, 0.2) is 24.3 Å². The lowest BCUT2D eigenvalue weighted by atomic mass is 10.0. The third-order valence-corrected chi connectivity index (χ3v) is 6.77. The van der Waals surface area contributed by atoms with E-state index in [0.29, 0.717) is 66.6 Å². The molecule has 1 aromatic heterocycles. The van der Waals surface area contributed by atoms with Gasteiger partial charge in [0.05, 0.1) is 30.3 Å². The average Bonchev–Trinajstić information content (AvgIpc) is 3.54. The predicted octanol–water partition coefficient (Wildman–Crippen LogP) is 4.92. The van der Waals surface area contributed by atoms with Crippen LogP contribution in [0.1, 0.15) is 48.3 Å². The molecule has 2 atom stereocenters. The van der Waals surface area contributed by atoms with Gasteiger partial charge in [-0.05, 0) is 19.9 Å². The third kappa shape index (κ3) is 4.70. The topological polar surface area (TPSA) is 88.6 Å². The number of aryl methyl sites for hydroxylation is 1. The van der Waals surface area contributed by atoms with Gasteiger partial charge in [0, 0.05) is 42.9 Å². The second-order valence-electron chi connectivity index (χ2n) is 9.24. The summed E-state index contributed by atoms with van der Waals surface area (Å²) in [5.74, 6) is 1.16. The minimum Gasteiger partial charge on any atom is -0.489 e. The molecule has 0 radical (unpaired) electrons. The van der Waals surface area contributed by atoms with Gasteiger partial charge in [-0.1, -0.05) is 18.2 Å². The van der Waals surface area contributed by atoms with Crippen molar-refractivity contribution in [2.24, 2.45) is 0 Å². The molecule has 3 aromatic rings. The smallest absolute Gasteiger partial charge is 0.317 e. The zero-order valence-electron chi connectivity index (χ0n) is 20.8. The lowest BCUT2D eigenvalue weighted by Gasteiger charge is -2.21. The number of nitrogens with one attached hydrogen (secondary N) is 2. The number of amides is 2. The van der Waals surface area contributed by atoms with E-state index < -0.39 is 23.8 Å². The average molecular weight is 516 g/mol. The summed E-state index contributed by atoms with van der Waals surface area (Å²) < 4.78 is 53.6. The Hall–Kier alpha value is -3.76. The maximum Gasteiger partial charge on any atom is 0.317 e. The van der Waals surface area contributed by atoms with Crippen LogP contribution in [-0.2, 0) is 6.42 Å². The number of benzene rings is 2. The molecule has 0 aliphatic carbocycles. The van der Waals surface area contributed by atoms with Crippen molar-refractivity contribution in [3.8, 4) is 11.5 Å². The summed E-state index contributed by atoms with van der Waals surface area (Å²) in [6.07, 6.45) is -1.82. The second-order valence-corrected chi connectivity index (χ2v) is 9.24. The number of nitrogens with zero attached hydrogens (tertiary/aromatic N) is 3. The molecule has 2 amide bonds. The lowest BCUT2D eigenvalue weighted by Crippen LogP contribution is -2.37. The Balaban J connectivity index is 1.50. The molecule has 37 heavy (non-hydrogen) atoms. The fourth-order valence-electron chi connectivity index (χ4n) is 4.94. The molecule has 11 heteroatoms. The summed E-state index contributed by atoms with van der Waals surface area (Å²) in [6, 6.07) is 4.97. The third-order valence-electron chi connectivity index (χ3n) is 6.77. The lowest BCUT2D eigenvalue weighted by molar-refractivity contribution is 0.146. The van der Waals surface area contributed by atoms with Crippen molar-refractivity contribution in [3.63, 3.8) is 0 Å². The van der Waals surface area contributed by atoms with Crippen molar-refractivity contribution in [2.45, 2.75) is 45.3 Å². The highest BCUT2D eigenvalue weighted by atomic mass is 19.3. The molecule has 2 aliphatic rings. The summed E-state index contributed by atoms with van der Waals surface area (Å²) in [4.78, 5) is 22.9. The predicted molar refractivity (Wildman–Crippen MR) is 132 cm³/mol. The Labute approximate surface area is 212 Å². The number of anilines is 1. The van der Waals surface area contributed by atoms with Gasteiger partial charge in [0.2, 0.25) is 0 Å². The molecule has 196 valence electrons. The first-order valence-electron chi connectivity index (χ1n) is 12.2. The van der Waals surface area contributed by atoms with Crippen LogP contribution in [0.25, 0.3) is 10.9 Å². The second kappa shape index (κ2) is 9.95. The van der Waals surface area contributed by atoms with Gasteiger partial charge in [-0.2, -0.15) is 0 Å². The molecule has 5 rings (SSSR count). The van der Waals surface area contributed by atoms with Gasteiger partial charge < -0.3 is 25.0 Å². The molecule has 1 saturated heterocycles. The van der Waals surface area contributed by atoms with E-state index in [1.165, 1.54) is 12.1 Å². The van der Waals surface area contributed by atoms with E-state index in [-0.39, 0.29) is 17.7 Å². The minimum atomic E-state index is -2.91. The highest BCUT2D eigenvalue weighted by Gasteiger charge is 2.31. The van der Waals surface area contributed by atoms with Gasteiger partial charge in [-0.25, -0.2) is 27.9 Å². The zero-order chi connectivity index (χ0) is 26.3. The van der Waals surface area contributed by atoms with E-state index in [9.17, 15) is 18.0 Å². The number of rotatable bonds is 6. The fraction of sp³-hybridized carbons (Fsp3) is 0.423. The molecule has 8 nitrogen and oxygen atoms in total. The van der Waals surface area contributed by atoms with E-state index in [1.807, 2.05) is 0 Å². The first-order chi connectivity index (χ1) is 17.8. The molecule has 3 heterocycles. The number of ether oxygens (including phenoxy) is 2. The molecule has 2 aliphatic heterocycles. The number of aromatic nitrogens is 2. The Morgan fingerprint density at radius 2 is 2.05 bits per heavy atom. The normalized spacial score (nSPS) is 17.6. The Kier molecular flexibility index (Phi) is 6.70. The van der Waals surface area contributed by atoms with Crippen LogP contribution in [0.4, 0.5) is 23.8 Å². The number of carbonyl (C=O) groups is 1. The number of carbonyl (C=O) groups excluding carboxylic acids is 1. The molecular weight excluding hydrogens is 487 g/mol.